The van der Waals surface area contributed by atoms with Gasteiger partial charge in [0.05, 0.1) is 0 Å². The van der Waals surface area contributed by atoms with Gasteiger partial charge in [-0.2, -0.15) is 0 Å². The Morgan fingerprint density at radius 1 is 1.54 bits per heavy atom. The Bertz CT molecular complexity index is 323. The van der Waals surface area contributed by atoms with Crippen molar-refractivity contribution < 1.29 is 9.18 Å². The molecule has 0 spiro atoms. The number of halogens is 2. The van der Waals surface area contributed by atoms with E-state index in [9.17, 15) is 9.18 Å². The SMILES string of the molecule is Cc1ccc(F)c(CCC=O)c1Cl. The smallest absolute Gasteiger partial charge is 0.127 e. The van der Waals surface area contributed by atoms with Crippen LogP contribution in [0, 0.1) is 12.7 Å². The molecular formula is C10H10ClFO. The Hall–Kier alpha value is -0.890. The summed E-state index contributed by atoms with van der Waals surface area (Å²) in [5.41, 5.74) is 1.28. The van der Waals surface area contributed by atoms with Crippen LogP contribution in [-0.2, 0) is 11.2 Å². The summed E-state index contributed by atoms with van der Waals surface area (Å²) in [5, 5.41) is 0.432. The molecule has 3 heteroatoms. The standard InChI is InChI=1S/C10H10ClFO/c1-7-4-5-9(12)8(10(7)11)3-2-6-13/h4-6H,2-3H2,1H3. The van der Waals surface area contributed by atoms with Gasteiger partial charge in [0.2, 0.25) is 0 Å². The highest BCUT2D eigenvalue weighted by Crippen LogP contribution is 2.24. The van der Waals surface area contributed by atoms with Crippen LogP contribution in [0.4, 0.5) is 4.39 Å². The largest absolute Gasteiger partial charge is 0.303 e. The molecule has 1 rings (SSSR count). The summed E-state index contributed by atoms with van der Waals surface area (Å²) in [6, 6.07) is 3.00. The van der Waals surface area contributed by atoms with E-state index < -0.39 is 0 Å². The van der Waals surface area contributed by atoms with Crippen LogP contribution in [0.1, 0.15) is 17.5 Å². The maximum Gasteiger partial charge on any atom is 0.127 e. The minimum Gasteiger partial charge on any atom is -0.303 e. The monoisotopic (exact) mass is 200 g/mol. The third-order valence-electron chi connectivity index (χ3n) is 1.89. The van der Waals surface area contributed by atoms with Crippen LogP contribution >= 0.6 is 11.6 Å². The molecular weight excluding hydrogens is 191 g/mol. The van der Waals surface area contributed by atoms with Gasteiger partial charge in [0, 0.05) is 17.0 Å². The summed E-state index contributed by atoms with van der Waals surface area (Å²) in [7, 11) is 0. The molecule has 0 N–H and O–H groups in total. The van der Waals surface area contributed by atoms with E-state index in [1.807, 2.05) is 6.92 Å². The summed E-state index contributed by atoms with van der Waals surface area (Å²) in [6.45, 7) is 1.81. The second-order valence-corrected chi connectivity index (χ2v) is 3.24. The Morgan fingerprint density at radius 2 is 2.23 bits per heavy atom. The number of aryl methyl sites for hydroxylation is 1. The number of carbonyl (C=O) groups is 1. The average molecular weight is 201 g/mol. The quantitative estimate of drug-likeness (QED) is 0.686. The van der Waals surface area contributed by atoms with Gasteiger partial charge in [-0.1, -0.05) is 17.7 Å². The third kappa shape index (κ3) is 2.28. The van der Waals surface area contributed by atoms with E-state index in [2.05, 4.69) is 0 Å². The molecule has 1 nitrogen and oxygen atoms in total. The minimum absolute atomic E-state index is 0.306. The highest BCUT2D eigenvalue weighted by atomic mass is 35.5. The van der Waals surface area contributed by atoms with E-state index in [1.165, 1.54) is 6.07 Å². The highest BCUT2D eigenvalue weighted by Gasteiger charge is 2.08. The first-order chi connectivity index (χ1) is 6.16. The fourth-order valence-electron chi connectivity index (χ4n) is 1.15. The molecule has 70 valence electrons. The Kier molecular flexibility index (Phi) is 3.43. The molecule has 0 saturated heterocycles. The number of rotatable bonds is 3. The number of hydrogen-bond acceptors (Lipinski definition) is 1. The van der Waals surface area contributed by atoms with E-state index >= 15 is 0 Å². The van der Waals surface area contributed by atoms with Crippen molar-refractivity contribution in [1.29, 1.82) is 0 Å². The van der Waals surface area contributed by atoms with Crippen LogP contribution in [0.15, 0.2) is 12.1 Å². The zero-order valence-electron chi connectivity index (χ0n) is 7.31. The van der Waals surface area contributed by atoms with Crippen molar-refractivity contribution in [2.75, 3.05) is 0 Å². The number of benzene rings is 1. The topological polar surface area (TPSA) is 17.1 Å². The van der Waals surface area contributed by atoms with Crippen molar-refractivity contribution in [2.45, 2.75) is 19.8 Å². The Labute approximate surface area is 81.5 Å². The maximum atomic E-state index is 13.2. The molecule has 1 aromatic rings. The summed E-state index contributed by atoms with van der Waals surface area (Å²) in [4.78, 5) is 10.1. The minimum atomic E-state index is -0.336. The number of hydrogen-bond donors (Lipinski definition) is 0. The lowest BCUT2D eigenvalue weighted by Crippen LogP contribution is -1.94. The van der Waals surface area contributed by atoms with E-state index in [0.29, 0.717) is 23.4 Å². The second-order valence-electron chi connectivity index (χ2n) is 2.86. The number of carbonyl (C=O) groups excluding carboxylic acids is 1. The lowest BCUT2D eigenvalue weighted by molar-refractivity contribution is -0.107. The molecule has 0 aromatic heterocycles. The second kappa shape index (κ2) is 4.38. The van der Waals surface area contributed by atoms with Crippen LogP contribution in [-0.4, -0.2) is 6.29 Å². The van der Waals surface area contributed by atoms with Gasteiger partial charge in [-0.3, -0.25) is 0 Å². The van der Waals surface area contributed by atoms with E-state index in [-0.39, 0.29) is 5.82 Å². The molecule has 0 aliphatic carbocycles. The van der Waals surface area contributed by atoms with Crippen molar-refractivity contribution in [3.05, 3.63) is 34.1 Å². The fraction of sp³-hybridized carbons (Fsp3) is 0.300. The molecule has 0 atom stereocenters. The molecule has 0 saturated carbocycles. The van der Waals surface area contributed by atoms with Crippen molar-refractivity contribution in [3.8, 4) is 0 Å². The summed E-state index contributed by atoms with van der Waals surface area (Å²) < 4.78 is 13.2. The zero-order valence-corrected chi connectivity index (χ0v) is 8.07. The third-order valence-corrected chi connectivity index (χ3v) is 2.42. The van der Waals surface area contributed by atoms with Gasteiger partial charge in [0.25, 0.3) is 0 Å². The number of aldehydes is 1. The summed E-state index contributed by atoms with van der Waals surface area (Å²) in [6.07, 6.45) is 1.44. The first-order valence-corrected chi connectivity index (χ1v) is 4.41. The van der Waals surface area contributed by atoms with Crippen LogP contribution in [0.3, 0.4) is 0 Å². The molecule has 0 aliphatic heterocycles. The molecule has 0 bridgehead atoms. The van der Waals surface area contributed by atoms with E-state index in [1.54, 1.807) is 6.07 Å². The molecule has 0 fully saturated rings. The average Bonchev–Trinajstić information content (AvgIpc) is 2.12. The van der Waals surface area contributed by atoms with Gasteiger partial charge in [0.15, 0.2) is 0 Å². The maximum absolute atomic E-state index is 13.2. The fourth-order valence-corrected chi connectivity index (χ4v) is 1.39. The molecule has 0 amide bonds. The van der Waals surface area contributed by atoms with Crippen LogP contribution in [0.2, 0.25) is 5.02 Å². The molecule has 1 aromatic carbocycles. The lowest BCUT2D eigenvalue weighted by atomic mass is 10.1. The lowest BCUT2D eigenvalue weighted by Gasteiger charge is -2.05. The van der Waals surface area contributed by atoms with Crippen molar-refractivity contribution >= 4 is 17.9 Å². The van der Waals surface area contributed by atoms with Crippen molar-refractivity contribution in [2.24, 2.45) is 0 Å². The van der Waals surface area contributed by atoms with E-state index in [0.717, 1.165) is 11.8 Å². The van der Waals surface area contributed by atoms with Gasteiger partial charge in [-0.15, -0.1) is 0 Å². The van der Waals surface area contributed by atoms with Gasteiger partial charge in [0.1, 0.15) is 12.1 Å². The molecule has 0 unspecified atom stereocenters. The van der Waals surface area contributed by atoms with Crippen LogP contribution in [0.5, 0.6) is 0 Å². The van der Waals surface area contributed by atoms with Gasteiger partial charge >= 0.3 is 0 Å². The summed E-state index contributed by atoms with van der Waals surface area (Å²) >= 11 is 5.88. The van der Waals surface area contributed by atoms with Crippen molar-refractivity contribution in [3.63, 3.8) is 0 Å². The van der Waals surface area contributed by atoms with Gasteiger partial charge in [-0.05, 0) is 25.0 Å². The van der Waals surface area contributed by atoms with E-state index in [4.69, 9.17) is 11.6 Å². The Morgan fingerprint density at radius 3 is 2.85 bits per heavy atom. The molecule has 0 radical (unpaired) electrons. The highest BCUT2D eigenvalue weighted by molar-refractivity contribution is 6.32. The molecule has 0 aliphatic rings. The van der Waals surface area contributed by atoms with Gasteiger partial charge in [-0.25, -0.2) is 4.39 Å². The predicted molar refractivity (Wildman–Crippen MR) is 50.5 cm³/mol. The van der Waals surface area contributed by atoms with Crippen LogP contribution in [0.25, 0.3) is 0 Å². The first-order valence-electron chi connectivity index (χ1n) is 4.04. The van der Waals surface area contributed by atoms with Gasteiger partial charge < -0.3 is 4.79 Å². The van der Waals surface area contributed by atoms with Crippen LogP contribution < -0.4 is 0 Å². The molecule has 13 heavy (non-hydrogen) atoms. The first kappa shape index (κ1) is 10.2. The van der Waals surface area contributed by atoms with Crippen molar-refractivity contribution in [1.82, 2.24) is 0 Å². The molecule has 0 heterocycles. The predicted octanol–water partition coefficient (Wildman–Crippen LogP) is 2.92. The Balaban J connectivity index is 3.02. The normalized spacial score (nSPS) is 10.1. The zero-order chi connectivity index (χ0) is 9.84. The summed E-state index contributed by atoms with van der Waals surface area (Å²) in [5.74, 6) is -0.336.